The summed E-state index contributed by atoms with van der Waals surface area (Å²) in [5.41, 5.74) is 6.95. The van der Waals surface area contributed by atoms with Crippen LogP contribution in [0.3, 0.4) is 0 Å². The number of carboxylic acid groups (broad SMARTS) is 1. The molecule has 168 valence electrons. The van der Waals surface area contributed by atoms with Crippen LogP contribution < -0.4 is 4.74 Å². The minimum atomic E-state index is -0.857. The number of hydrogen-bond donors (Lipinski definition) is 1. The Morgan fingerprint density at radius 1 is 1.06 bits per heavy atom. The Hall–Kier alpha value is -2.73. The molecule has 6 heteroatoms. The molecule has 1 N–H and O–H groups in total. The zero-order chi connectivity index (χ0) is 22.9. The minimum Gasteiger partial charge on any atom is -0.489 e. The lowest BCUT2D eigenvalue weighted by atomic mass is 9.63. The third kappa shape index (κ3) is 4.70. The van der Waals surface area contributed by atoms with E-state index in [1.165, 1.54) is 35.3 Å². The van der Waals surface area contributed by atoms with Crippen LogP contribution in [0, 0.1) is 0 Å². The van der Waals surface area contributed by atoms with E-state index >= 15 is 0 Å². The Balaban J connectivity index is 1.49. The zero-order valence-corrected chi connectivity index (χ0v) is 19.9. The molecule has 0 saturated carbocycles. The molecule has 3 aromatic rings. The van der Waals surface area contributed by atoms with E-state index in [4.69, 9.17) is 4.74 Å². The fourth-order valence-corrected chi connectivity index (χ4v) is 5.22. The van der Waals surface area contributed by atoms with Crippen molar-refractivity contribution in [1.29, 1.82) is 0 Å². The van der Waals surface area contributed by atoms with E-state index in [0.717, 1.165) is 16.9 Å². The minimum absolute atomic E-state index is 0.0172. The van der Waals surface area contributed by atoms with Gasteiger partial charge >= 0.3 is 5.97 Å². The maximum atomic E-state index is 11.3. The summed E-state index contributed by atoms with van der Waals surface area (Å²) < 4.78 is 6.07. The van der Waals surface area contributed by atoms with Gasteiger partial charge in [-0.05, 0) is 58.1 Å². The summed E-state index contributed by atoms with van der Waals surface area (Å²) in [4.78, 5) is 11.3. The van der Waals surface area contributed by atoms with Crippen molar-refractivity contribution in [2.75, 3.05) is 0 Å². The second kappa shape index (κ2) is 8.66. The molecule has 1 aliphatic carbocycles. The lowest BCUT2D eigenvalue weighted by Gasteiger charge is -2.42. The fourth-order valence-electron chi connectivity index (χ4n) is 4.54. The van der Waals surface area contributed by atoms with Crippen molar-refractivity contribution in [3.05, 3.63) is 75.2 Å². The van der Waals surface area contributed by atoms with E-state index in [-0.39, 0.29) is 23.2 Å². The first-order chi connectivity index (χ1) is 15.2. The Bertz CT molecular complexity index is 1090. The molecule has 0 saturated heterocycles. The molecule has 4 rings (SSSR count). The van der Waals surface area contributed by atoms with E-state index in [1.54, 1.807) is 5.51 Å². The van der Waals surface area contributed by atoms with E-state index in [2.05, 4.69) is 56.1 Å². The third-order valence-electron chi connectivity index (χ3n) is 6.66. The van der Waals surface area contributed by atoms with Gasteiger partial charge in [0.15, 0.2) is 0 Å². The van der Waals surface area contributed by atoms with Crippen LogP contribution in [0.15, 0.2) is 48.0 Å². The average Bonchev–Trinajstić information content (AvgIpc) is 3.29. The van der Waals surface area contributed by atoms with Crippen molar-refractivity contribution in [3.8, 4) is 5.75 Å². The van der Waals surface area contributed by atoms with Gasteiger partial charge in [-0.15, -0.1) is 21.5 Å². The number of carbonyl (C=O) groups is 1. The highest BCUT2D eigenvalue weighted by atomic mass is 32.1. The number of aromatic nitrogens is 2. The molecule has 0 bridgehead atoms. The summed E-state index contributed by atoms with van der Waals surface area (Å²) in [6, 6.07) is 14.4. The number of nitrogens with zero attached hydrogens (tertiary/aromatic N) is 2. The second-order valence-corrected chi connectivity index (χ2v) is 10.8. The first-order valence-electron chi connectivity index (χ1n) is 11.0. The summed E-state index contributed by atoms with van der Waals surface area (Å²) >= 11 is 1.37. The molecule has 0 fully saturated rings. The molecule has 1 heterocycles. The van der Waals surface area contributed by atoms with Gasteiger partial charge < -0.3 is 9.84 Å². The van der Waals surface area contributed by atoms with Crippen molar-refractivity contribution < 1.29 is 14.6 Å². The van der Waals surface area contributed by atoms with E-state index < -0.39 is 5.97 Å². The van der Waals surface area contributed by atoms with E-state index in [0.29, 0.717) is 11.6 Å². The number of aliphatic carboxylic acids is 1. The van der Waals surface area contributed by atoms with Crippen LogP contribution in [0.1, 0.15) is 80.1 Å². The Morgan fingerprint density at radius 2 is 1.75 bits per heavy atom. The van der Waals surface area contributed by atoms with Gasteiger partial charge in [0.05, 0.1) is 6.42 Å². The summed E-state index contributed by atoms with van der Waals surface area (Å²) in [7, 11) is 0. The van der Waals surface area contributed by atoms with Gasteiger partial charge in [0.1, 0.15) is 22.9 Å². The molecule has 0 amide bonds. The van der Waals surface area contributed by atoms with Crippen molar-refractivity contribution in [2.45, 2.75) is 70.3 Å². The predicted octanol–water partition coefficient (Wildman–Crippen LogP) is 6.07. The van der Waals surface area contributed by atoms with Gasteiger partial charge in [-0.2, -0.15) is 0 Å². The zero-order valence-electron chi connectivity index (χ0n) is 19.1. The van der Waals surface area contributed by atoms with Gasteiger partial charge in [0.2, 0.25) is 0 Å². The van der Waals surface area contributed by atoms with Crippen molar-refractivity contribution >= 4 is 17.3 Å². The molecule has 0 aliphatic heterocycles. The Kier molecular flexibility index (Phi) is 6.08. The van der Waals surface area contributed by atoms with Crippen LogP contribution >= 0.6 is 11.3 Å². The summed E-state index contributed by atoms with van der Waals surface area (Å²) in [6.45, 7) is 9.82. The van der Waals surface area contributed by atoms with Crippen molar-refractivity contribution in [1.82, 2.24) is 10.2 Å². The van der Waals surface area contributed by atoms with Crippen LogP contribution in [-0.4, -0.2) is 21.3 Å². The number of benzene rings is 2. The lowest BCUT2D eigenvalue weighted by molar-refractivity contribution is -0.137. The molecule has 0 unspecified atom stereocenters. The normalized spacial score (nSPS) is 17.4. The summed E-state index contributed by atoms with van der Waals surface area (Å²) in [5.74, 6) is -0.401. The standard InChI is InChI=1S/C26H30N2O3S/c1-25(2)11-12-26(3,4)22-13-17(5-10-21(22)25)15-31-19-8-6-18(7-9-19)20(14-23(29)30)24-28-27-16-32-24/h5-10,13,16,20H,11-12,14-15H2,1-4H3,(H,29,30)/t20-/m1/s1. The maximum Gasteiger partial charge on any atom is 0.304 e. The molecule has 1 aromatic heterocycles. The van der Waals surface area contributed by atoms with E-state index in [9.17, 15) is 9.90 Å². The Morgan fingerprint density at radius 3 is 2.38 bits per heavy atom. The van der Waals surface area contributed by atoms with Crippen LogP contribution in [0.2, 0.25) is 0 Å². The predicted molar refractivity (Wildman–Crippen MR) is 127 cm³/mol. The topological polar surface area (TPSA) is 72.3 Å². The quantitative estimate of drug-likeness (QED) is 0.473. The van der Waals surface area contributed by atoms with Gasteiger partial charge in [-0.1, -0.05) is 58.0 Å². The smallest absolute Gasteiger partial charge is 0.304 e. The molecule has 1 aliphatic rings. The Labute approximate surface area is 193 Å². The largest absolute Gasteiger partial charge is 0.489 e. The van der Waals surface area contributed by atoms with Gasteiger partial charge in [-0.3, -0.25) is 4.79 Å². The van der Waals surface area contributed by atoms with Crippen LogP contribution in [0.4, 0.5) is 0 Å². The highest BCUT2D eigenvalue weighted by Crippen LogP contribution is 2.46. The number of fused-ring (bicyclic) bond motifs is 1. The summed E-state index contributed by atoms with van der Waals surface area (Å²) in [5, 5.41) is 17.9. The van der Waals surface area contributed by atoms with Gasteiger partial charge in [0.25, 0.3) is 0 Å². The third-order valence-corrected chi connectivity index (χ3v) is 7.47. The van der Waals surface area contributed by atoms with Crippen LogP contribution in [0.25, 0.3) is 0 Å². The van der Waals surface area contributed by atoms with Crippen LogP contribution in [-0.2, 0) is 22.2 Å². The highest BCUT2D eigenvalue weighted by Gasteiger charge is 2.36. The van der Waals surface area contributed by atoms with Gasteiger partial charge in [0, 0.05) is 5.92 Å². The van der Waals surface area contributed by atoms with E-state index in [1.807, 2.05) is 24.3 Å². The average molecular weight is 451 g/mol. The lowest BCUT2D eigenvalue weighted by Crippen LogP contribution is -2.33. The molecule has 0 radical (unpaired) electrons. The monoisotopic (exact) mass is 450 g/mol. The second-order valence-electron chi connectivity index (χ2n) is 9.93. The maximum absolute atomic E-state index is 11.3. The van der Waals surface area contributed by atoms with Crippen LogP contribution in [0.5, 0.6) is 5.75 Å². The number of rotatable bonds is 7. The van der Waals surface area contributed by atoms with Crippen molar-refractivity contribution in [3.63, 3.8) is 0 Å². The summed E-state index contributed by atoms with van der Waals surface area (Å²) in [6.07, 6.45) is 2.37. The number of ether oxygens (including phenoxy) is 1. The highest BCUT2D eigenvalue weighted by molar-refractivity contribution is 7.09. The first-order valence-corrected chi connectivity index (χ1v) is 11.9. The molecular formula is C26H30N2O3S. The van der Waals surface area contributed by atoms with Crippen molar-refractivity contribution in [2.24, 2.45) is 0 Å². The fraction of sp³-hybridized carbons (Fsp3) is 0.423. The molecule has 32 heavy (non-hydrogen) atoms. The number of hydrogen-bond acceptors (Lipinski definition) is 5. The SMILES string of the molecule is CC1(C)CCC(C)(C)c2cc(COc3ccc([C@@H](CC(=O)O)c4nncs4)cc3)ccc21. The molecule has 1 atom stereocenters. The number of carboxylic acids is 1. The molecule has 0 spiro atoms. The first kappa shape index (κ1) is 22.5. The molecule has 2 aromatic carbocycles. The molecule has 5 nitrogen and oxygen atoms in total. The molecular weight excluding hydrogens is 420 g/mol. The van der Waals surface area contributed by atoms with Gasteiger partial charge in [-0.25, -0.2) is 0 Å².